The number of carbonyl (C=O) groups excluding carboxylic acids is 1. The molecular weight excluding hydrogens is 334 g/mol. The molecule has 0 aliphatic carbocycles. The smallest absolute Gasteiger partial charge is 0.409 e. The van der Waals surface area contributed by atoms with Crippen molar-refractivity contribution in [3.63, 3.8) is 0 Å². The lowest BCUT2D eigenvalue weighted by molar-refractivity contribution is -0.383. The van der Waals surface area contributed by atoms with Gasteiger partial charge in [-0.1, -0.05) is 0 Å². The van der Waals surface area contributed by atoms with E-state index in [9.17, 15) is 14.9 Å². The summed E-state index contributed by atoms with van der Waals surface area (Å²) in [6.45, 7) is 4.35. The largest absolute Gasteiger partial charge is 0.450 e. The van der Waals surface area contributed by atoms with Crippen molar-refractivity contribution in [2.24, 2.45) is 5.73 Å². The van der Waals surface area contributed by atoms with Crippen LogP contribution in [-0.4, -0.2) is 53.8 Å². The van der Waals surface area contributed by atoms with Crippen LogP contribution in [0.3, 0.4) is 0 Å². The molecule has 1 amide bonds. The van der Waals surface area contributed by atoms with E-state index in [2.05, 4.69) is 5.32 Å². The molecule has 24 heavy (non-hydrogen) atoms. The van der Waals surface area contributed by atoms with Gasteiger partial charge in [0.05, 0.1) is 11.5 Å². The molecule has 0 bridgehead atoms. The summed E-state index contributed by atoms with van der Waals surface area (Å²) < 4.78 is 4.98. The topological polar surface area (TPSA) is 114 Å². The van der Waals surface area contributed by atoms with Crippen molar-refractivity contribution < 1.29 is 14.5 Å². The molecule has 1 aliphatic heterocycles. The number of thiocarbonyl (C=S) groups is 1. The Kier molecular flexibility index (Phi) is 5.74. The van der Waals surface area contributed by atoms with E-state index in [0.29, 0.717) is 32.8 Å². The first-order valence-electron chi connectivity index (χ1n) is 7.44. The SMILES string of the molecule is CCOC(=O)N1CCN(c2ccc([N+](=O)[O-])c(NC(N)=S)c2)CC1. The number of nitro groups is 1. The Balaban J connectivity index is 2.11. The molecule has 1 aliphatic rings. The summed E-state index contributed by atoms with van der Waals surface area (Å²) in [6, 6.07) is 4.72. The van der Waals surface area contributed by atoms with Crippen molar-refractivity contribution in [1.29, 1.82) is 0 Å². The number of amides is 1. The summed E-state index contributed by atoms with van der Waals surface area (Å²) in [7, 11) is 0. The summed E-state index contributed by atoms with van der Waals surface area (Å²) in [6.07, 6.45) is -0.323. The highest BCUT2D eigenvalue weighted by Gasteiger charge is 2.23. The molecule has 10 heteroatoms. The summed E-state index contributed by atoms with van der Waals surface area (Å²) in [5.41, 5.74) is 6.37. The van der Waals surface area contributed by atoms with Gasteiger partial charge in [-0.15, -0.1) is 0 Å². The van der Waals surface area contributed by atoms with Gasteiger partial charge in [-0.25, -0.2) is 4.79 Å². The Hall–Kier alpha value is -2.62. The van der Waals surface area contributed by atoms with Gasteiger partial charge in [0.15, 0.2) is 5.11 Å². The van der Waals surface area contributed by atoms with Crippen LogP contribution in [0.5, 0.6) is 0 Å². The predicted octanol–water partition coefficient (Wildman–Crippen LogP) is 1.53. The number of benzene rings is 1. The first kappa shape index (κ1) is 17.7. The average molecular weight is 353 g/mol. The molecule has 3 N–H and O–H groups in total. The summed E-state index contributed by atoms with van der Waals surface area (Å²) in [5, 5.41) is 13.7. The van der Waals surface area contributed by atoms with E-state index in [0.717, 1.165) is 5.69 Å². The summed E-state index contributed by atoms with van der Waals surface area (Å²) in [5.74, 6) is 0. The molecular formula is C14H19N5O4S. The second-order valence-electron chi connectivity index (χ2n) is 5.12. The van der Waals surface area contributed by atoms with Gasteiger partial charge >= 0.3 is 6.09 Å². The zero-order valence-corrected chi connectivity index (χ0v) is 14.0. The van der Waals surface area contributed by atoms with Crippen molar-refractivity contribution in [3.05, 3.63) is 28.3 Å². The van der Waals surface area contributed by atoms with Crippen LogP contribution >= 0.6 is 12.2 Å². The molecule has 0 spiro atoms. The van der Waals surface area contributed by atoms with E-state index in [1.165, 1.54) is 6.07 Å². The molecule has 130 valence electrons. The number of hydrogen-bond donors (Lipinski definition) is 2. The molecule has 1 aromatic rings. The lowest BCUT2D eigenvalue weighted by atomic mass is 10.2. The number of nitrogens with one attached hydrogen (secondary N) is 1. The van der Waals surface area contributed by atoms with Crippen molar-refractivity contribution >= 4 is 40.5 Å². The number of nitrogens with zero attached hydrogens (tertiary/aromatic N) is 3. The first-order valence-corrected chi connectivity index (χ1v) is 7.84. The van der Waals surface area contributed by atoms with E-state index in [-0.39, 0.29) is 22.6 Å². The number of anilines is 2. The maximum Gasteiger partial charge on any atom is 0.409 e. The van der Waals surface area contributed by atoms with Crippen LogP contribution in [0.4, 0.5) is 21.9 Å². The highest BCUT2D eigenvalue weighted by Crippen LogP contribution is 2.30. The van der Waals surface area contributed by atoms with Crippen LogP contribution in [0.2, 0.25) is 0 Å². The van der Waals surface area contributed by atoms with E-state index in [4.69, 9.17) is 22.7 Å². The second kappa shape index (κ2) is 7.77. The third kappa shape index (κ3) is 4.22. The van der Waals surface area contributed by atoms with Crippen LogP contribution in [0.15, 0.2) is 18.2 Å². The molecule has 0 saturated carbocycles. The van der Waals surface area contributed by atoms with E-state index in [1.54, 1.807) is 24.0 Å². The normalized spacial score (nSPS) is 14.2. The zero-order valence-electron chi connectivity index (χ0n) is 13.2. The molecule has 1 fully saturated rings. The van der Waals surface area contributed by atoms with Crippen molar-refractivity contribution in [1.82, 2.24) is 4.90 Å². The van der Waals surface area contributed by atoms with Crippen LogP contribution in [0.1, 0.15) is 6.92 Å². The van der Waals surface area contributed by atoms with Gasteiger partial charge in [0, 0.05) is 37.9 Å². The number of nitro benzene ring substituents is 1. The predicted molar refractivity (Wildman–Crippen MR) is 94.3 cm³/mol. The first-order chi connectivity index (χ1) is 11.4. The van der Waals surface area contributed by atoms with Gasteiger partial charge in [-0.3, -0.25) is 10.1 Å². The number of rotatable bonds is 4. The number of nitrogens with two attached hydrogens (primary N) is 1. The molecule has 0 radical (unpaired) electrons. The average Bonchev–Trinajstić information content (AvgIpc) is 2.54. The molecule has 0 unspecified atom stereocenters. The fourth-order valence-corrected chi connectivity index (χ4v) is 2.58. The van der Waals surface area contributed by atoms with Crippen LogP contribution < -0.4 is 16.0 Å². The molecule has 2 rings (SSSR count). The Bertz CT molecular complexity index is 646. The van der Waals surface area contributed by atoms with Gasteiger partial charge in [0.25, 0.3) is 5.69 Å². The van der Waals surface area contributed by atoms with Crippen LogP contribution in [0.25, 0.3) is 0 Å². The molecule has 0 atom stereocenters. The maximum atomic E-state index is 11.7. The standard InChI is InChI=1S/C14H19N5O4S/c1-2-23-14(20)18-7-5-17(6-8-18)10-3-4-12(19(21)22)11(9-10)16-13(15)24/h3-4,9H,2,5-8H2,1H3,(H3,15,16,24). The fourth-order valence-electron chi connectivity index (χ4n) is 2.47. The minimum atomic E-state index is -0.497. The Labute approximate surface area is 144 Å². The van der Waals surface area contributed by atoms with E-state index < -0.39 is 4.92 Å². The zero-order chi connectivity index (χ0) is 17.7. The highest BCUT2D eigenvalue weighted by molar-refractivity contribution is 7.80. The van der Waals surface area contributed by atoms with E-state index >= 15 is 0 Å². The Morgan fingerprint density at radius 2 is 2.08 bits per heavy atom. The number of piperazine rings is 1. The van der Waals surface area contributed by atoms with Gasteiger partial charge in [0.2, 0.25) is 0 Å². The fraction of sp³-hybridized carbons (Fsp3) is 0.429. The van der Waals surface area contributed by atoms with E-state index in [1.807, 2.05) is 4.90 Å². The number of ether oxygens (including phenoxy) is 1. The molecule has 1 heterocycles. The van der Waals surface area contributed by atoms with Crippen molar-refractivity contribution in [2.45, 2.75) is 6.92 Å². The summed E-state index contributed by atoms with van der Waals surface area (Å²) in [4.78, 5) is 26.0. The van der Waals surface area contributed by atoms with Crippen LogP contribution in [0, 0.1) is 10.1 Å². The van der Waals surface area contributed by atoms with Gasteiger partial charge in [-0.05, 0) is 31.3 Å². The second-order valence-corrected chi connectivity index (χ2v) is 5.56. The number of hydrogen-bond acceptors (Lipinski definition) is 6. The summed E-state index contributed by atoms with van der Waals surface area (Å²) >= 11 is 4.76. The number of carbonyl (C=O) groups is 1. The quantitative estimate of drug-likeness (QED) is 0.476. The van der Waals surface area contributed by atoms with Gasteiger partial charge in [0.1, 0.15) is 5.69 Å². The third-order valence-electron chi connectivity index (χ3n) is 3.61. The van der Waals surface area contributed by atoms with Crippen molar-refractivity contribution in [3.8, 4) is 0 Å². The van der Waals surface area contributed by atoms with Crippen molar-refractivity contribution in [2.75, 3.05) is 43.0 Å². The molecule has 1 saturated heterocycles. The third-order valence-corrected chi connectivity index (χ3v) is 3.71. The van der Waals surface area contributed by atoms with Crippen LogP contribution in [-0.2, 0) is 4.74 Å². The molecule has 1 aromatic carbocycles. The lowest BCUT2D eigenvalue weighted by Gasteiger charge is -2.35. The monoisotopic (exact) mass is 353 g/mol. The Morgan fingerprint density at radius 3 is 2.62 bits per heavy atom. The van der Waals surface area contributed by atoms with Gasteiger partial charge in [-0.2, -0.15) is 0 Å². The molecule has 9 nitrogen and oxygen atoms in total. The molecule has 0 aromatic heterocycles. The van der Waals surface area contributed by atoms with Gasteiger partial charge < -0.3 is 25.6 Å². The minimum Gasteiger partial charge on any atom is -0.450 e. The highest BCUT2D eigenvalue weighted by atomic mass is 32.1. The Morgan fingerprint density at radius 1 is 1.42 bits per heavy atom. The minimum absolute atomic E-state index is 0.0395. The maximum absolute atomic E-state index is 11.7. The lowest BCUT2D eigenvalue weighted by Crippen LogP contribution is -2.49.